The fourth-order valence-corrected chi connectivity index (χ4v) is 4.11. The van der Waals surface area contributed by atoms with Crippen LogP contribution in [0, 0.1) is 11.3 Å². The maximum Gasteiger partial charge on any atom is 0.247 e. The Labute approximate surface area is 201 Å². The number of anilines is 4. The minimum Gasteiger partial charge on any atom is -0.343 e. The topological polar surface area (TPSA) is 142 Å². The number of aryl methyl sites for hydroxylation is 2. The van der Waals surface area contributed by atoms with Gasteiger partial charge in [-0.15, -0.1) is 0 Å². The molecule has 0 radical (unpaired) electrons. The molecule has 4 aromatic rings. The second-order valence-corrected chi connectivity index (χ2v) is 8.24. The summed E-state index contributed by atoms with van der Waals surface area (Å²) < 4.78 is 3.30. The second kappa shape index (κ2) is 9.22. The van der Waals surface area contributed by atoms with E-state index in [1.165, 1.54) is 0 Å². The zero-order valence-corrected chi connectivity index (χ0v) is 19.3. The van der Waals surface area contributed by atoms with Gasteiger partial charge in [0, 0.05) is 51.0 Å². The predicted octanol–water partition coefficient (Wildman–Crippen LogP) is 2.23. The number of pyridine rings is 1. The number of rotatable bonds is 6. The molecular weight excluding hydrogens is 446 g/mol. The number of nitriles is 1. The summed E-state index contributed by atoms with van der Waals surface area (Å²) in [6.45, 7) is 0.638. The smallest absolute Gasteiger partial charge is 0.247 e. The Morgan fingerprint density at radius 1 is 1.11 bits per heavy atom. The third-order valence-corrected chi connectivity index (χ3v) is 5.70. The first-order valence-corrected chi connectivity index (χ1v) is 11.1. The number of hydrogen-bond acceptors (Lipinski definition) is 9. The molecule has 5 rings (SSSR count). The second-order valence-electron chi connectivity index (χ2n) is 8.24. The van der Waals surface area contributed by atoms with Gasteiger partial charge in [-0.25, -0.2) is 15.0 Å². The van der Waals surface area contributed by atoms with Gasteiger partial charge in [-0.3, -0.25) is 14.2 Å². The van der Waals surface area contributed by atoms with Crippen LogP contribution in [0.5, 0.6) is 0 Å². The highest BCUT2D eigenvalue weighted by atomic mass is 16.2. The van der Waals surface area contributed by atoms with Crippen LogP contribution in [-0.4, -0.2) is 53.0 Å². The van der Waals surface area contributed by atoms with Crippen molar-refractivity contribution in [1.82, 2.24) is 34.5 Å². The lowest BCUT2D eigenvalue weighted by atomic mass is 10.1. The van der Waals surface area contributed by atoms with Crippen LogP contribution in [-0.2, 0) is 18.9 Å². The first-order chi connectivity index (χ1) is 17.0. The molecule has 12 heteroatoms. The van der Waals surface area contributed by atoms with Crippen molar-refractivity contribution in [3.05, 3.63) is 54.9 Å². The van der Waals surface area contributed by atoms with Crippen molar-refractivity contribution in [2.45, 2.75) is 18.9 Å². The molecule has 35 heavy (non-hydrogen) atoms. The molecule has 0 saturated carbocycles. The molecule has 1 amide bonds. The number of carbonyl (C=O) groups excluding carboxylic acids is 1. The van der Waals surface area contributed by atoms with Crippen LogP contribution in [0.15, 0.2) is 49.3 Å². The van der Waals surface area contributed by atoms with Crippen LogP contribution in [0.2, 0.25) is 0 Å². The van der Waals surface area contributed by atoms with Crippen LogP contribution < -0.4 is 15.5 Å². The molecule has 0 aliphatic carbocycles. The van der Waals surface area contributed by atoms with E-state index in [0.29, 0.717) is 47.2 Å². The summed E-state index contributed by atoms with van der Waals surface area (Å²) in [5, 5.41) is 24.1. The van der Waals surface area contributed by atoms with Gasteiger partial charge in [0.25, 0.3) is 0 Å². The Morgan fingerprint density at radius 3 is 2.60 bits per heavy atom. The lowest BCUT2D eigenvalue weighted by Crippen LogP contribution is -2.40. The Hall–Kier alpha value is -4.79. The maximum absolute atomic E-state index is 13.0. The lowest BCUT2D eigenvalue weighted by molar-refractivity contribution is -0.117. The molecule has 0 bridgehead atoms. The Balaban J connectivity index is 1.38. The predicted molar refractivity (Wildman–Crippen MR) is 129 cm³/mol. The first-order valence-electron chi connectivity index (χ1n) is 11.1. The van der Waals surface area contributed by atoms with Crippen molar-refractivity contribution in [2.75, 3.05) is 22.1 Å². The standard InChI is InChI=1S/C23H23N11O/c1-32-13-17(11-27-32)29-22(35)20-4-3-7-34(20)21-15(9-24)8-16(10-26-21)19-5-6-25-23(31-19)30-18-12-28-33(2)14-18/h5-6,8,10-14,20H,3-4,7H2,1-2H3,(H,29,35)(H,25,30,31). The van der Waals surface area contributed by atoms with Crippen molar-refractivity contribution in [3.63, 3.8) is 0 Å². The Bertz CT molecular complexity index is 1420. The molecule has 2 N–H and O–H groups in total. The molecule has 12 nitrogen and oxygen atoms in total. The number of carbonyl (C=O) groups is 1. The fourth-order valence-electron chi connectivity index (χ4n) is 4.11. The minimum absolute atomic E-state index is 0.146. The summed E-state index contributed by atoms with van der Waals surface area (Å²) in [7, 11) is 3.62. The van der Waals surface area contributed by atoms with Crippen molar-refractivity contribution >= 4 is 29.0 Å². The van der Waals surface area contributed by atoms with E-state index in [4.69, 9.17) is 0 Å². The monoisotopic (exact) mass is 469 g/mol. The normalized spacial score (nSPS) is 15.1. The van der Waals surface area contributed by atoms with Gasteiger partial charge in [0.15, 0.2) is 0 Å². The number of nitrogens with zero attached hydrogens (tertiary/aromatic N) is 9. The lowest BCUT2D eigenvalue weighted by Gasteiger charge is -2.25. The minimum atomic E-state index is -0.421. The number of hydrogen-bond donors (Lipinski definition) is 2. The zero-order chi connectivity index (χ0) is 24.4. The molecule has 1 aliphatic rings. The fraction of sp³-hybridized carbons (Fsp3) is 0.261. The van der Waals surface area contributed by atoms with Gasteiger partial charge in [-0.05, 0) is 25.0 Å². The molecule has 1 aliphatic heterocycles. The SMILES string of the molecule is Cn1cc(NC(=O)C2CCCN2c2ncc(-c3ccnc(Nc4cnn(C)c4)n3)cc2C#N)cn1. The Morgan fingerprint density at radius 2 is 1.89 bits per heavy atom. The van der Waals surface area contributed by atoms with E-state index in [9.17, 15) is 10.1 Å². The summed E-state index contributed by atoms with van der Waals surface area (Å²) in [6.07, 6.45) is 11.6. The summed E-state index contributed by atoms with van der Waals surface area (Å²) in [5.74, 6) is 0.750. The van der Waals surface area contributed by atoms with Gasteiger partial charge < -0.3 is 15.5 Å². The van der Waals surface area contributed by atoms with Crippen molar-refractivity contribution < 1.29 is 4.79 Å². The van der Waals surface area contributed by atoms with E-state index in [-0.39, 0.29) is 5.91 Å². The van der Waals surface area contributed by atoms with Crippen molar-refractivity contribution in [1.29, 1.82) is 5.26 Å². The molecule has 0 spiro atoms. The molecule has 1 atom stereocenters. The highest BCUT2D eigenvalue weighted by Crippen LogP contribution is 2.30. The molecule has 1 fully saturated rings. The van der Waals surface area contributed by atoms with Crippen LogP contribution in [0.3, 0.4) is 0 Å². The molecule has 5 heterocycles. The van der Waals surface area contributed by atoms with Crippen LogP contribution >= 0.6 is 0 Å². The summed E-state index contributed by atoms with van der Waals surface area (Å²) >= 11 is 0. The highest BCUT2D eigenvalue weighted by molar-refractivity contribution is 5.97. The molecule has 1 saturated heterocycles. The van der Waals surface area contributed by atoms with Crippen LogP contribution in [0.1, 0.15) is 18.4 Å². The average Bonchev–Trinajstić information content (AvgIpc) is 3.60. The molecular formula is C23H23N11O. The van der Waals surface area contributed by atoms with Gasteiger partial charge in [-0.1, -0.05) is 0 Å². The van der Waals surface area contributed by atoms with E-state index in [0.717, 1.165) is 12.1 Å². The quantitative estimate of drug-likeness (QED) is 0.434. The first kappa shape index (κ1) is 22.0. The third-order valence-electron chi connectivity index (χ3n) is 5.70. The number of nitrogens with one attached hydrogen (secondary N) is 2. The Kier molecular flexibility index (Phi) is 5.80. The van der Waals surface area contributed by atoms with Crippen molar-refractivity contribution in [2.24, 2.45) is 14.1 Å². The summed E-state index contributed by atoms with van der Waals surface area (Å²) in [6, 6.07) is 5.31. The number of aromatic nitrogens is 7. The molecule has 4 aromatic heterocycles. The van der Waals surface area contributed by atoms with E-state index in [1.807, 2.05) is 18.1 Å². The summed E-state index contributed by atoms with van der Waals surface area (Å²) in [5.41, 5.74) is 3.07. The van der Waals surface area contributed by atoms with Crippen molar-refractivity contribution in [3.8, 4) is 17.3 Å². The van der Waals surface area contributed by atoms with Gasteiger partial charge in [0.05, 0.1) is 35.0 Å². The maximum atomic E-state index is 13.0. The highest BCUT2D eigenvalue weighted by Gasteiger charge is 2.33. The molecule has 176 valence electrons. The molecule has 0 aromatic carbocycles. The van der Waals surface area contributed by atoms with Crippen LogP contribution in [0.4, 0.5) is 23.1 Å². The van der Waals surface area contributed by atoms with E-state index in [2.05, 4.69) is 41.9 Å². The van der Waals surface area contributed by atoms with Gasteiger partial charge >= 0.3 is 0 Å². The van der Waals surface area contributed by atoms with Gasteiger partial charge in [0.1, 0.15) is 17.9 Å². The van der Waals surface area contributed by atoms with E-state index < -0.39 is 6.04 Å². The number of amides is 1. The van der Waals surface area contributed by atoms with Gasteiger partial charge in [-0.2, -0.15) is 15.5 Å². The summed E-state index contributed by atoms with van der Waals surface area (Å²) in [4.78, 5) is 28.2. The van der Waals surface area contributed by atoms with E-state index >= 15 is 0 Å². The zero-order valence-electron chi connectivity index (χ0n) is 19.3. The third kappa shape index (κ3) is 4.65. The molecule has 1 unspecified atom stereocenters. The average molecular weight is 470 g/mol. The largest absolute Gasteiger partial charge is 0.343 e. The van der Waals surface area contributed by atoms with E-state index in [1.54, 1.807) is 59.5 Å². The van der Waals surface area contributed by atoms with Crippen LogP contribution in [0.25, 0.3) is 11.3 Å². The van der Waals surface area contributed by atoms with Gasteiger partial charge in [0.2, 0.25) is 11.9 Å².